The monoisotopic (exact) mass is 255 g/mol. The SMILES string of the molecule is Cc1ccc(C=N[C@@H]2C[C@@H]3C[C@H]([C@H]2C)C3(C)C)cc1. The quantitative estimate of drug-likeness (QED) is 0.691. The fourth-order valence-electron chi connectivity index (χ4n) is 4.15. The Balaban J connectivity index is 1.70. The van der Waals surface area contributed by atoms with Crippen molar-refractivity contribution in [2.75, 3.05) is 0 Å². The van der Waals surface area contributed by atoms with Crippen molar-refractivity contribution in [1.29, 1.82) is 0 Å². The minimum Gasteiger partial charge on any atom is -0.289 e. The van der Waals surface area contributed by atoms with Crippen molar-refractivity contribution >= 4 is 6.21 Å². The average Bonchev–Trinajstić information content (AvgIpc) is 2.38. The van der Waals surface area contributed by atoms with Crippen molar-refractivity contribution < 1.29 is 0 Å². The van der Waals surface area contributed by atoms with Crippen molar-refractivity contribution in [3.63, 3.8) is 0 Å². The highest BCUT2D eigenvalue weighted by Gasteiger charge is 2.56. The number of nitrogens with zero attached hydrogens (tertiary/aromatic N) is 1. The normalized spacial score (nSPS) is 36.2. The van der Waals surface area contributed by atoms with Gasteiger partial charge in [-0.15, -0.1) is 0 Å². The first-order chi connectivity index (χ1) is 8.98. The van der Waals surface area contributed by atoms with Crippen LogP contribution in [0.15, 0.2) is 29.3 Å². The molecule has 0 amide bonds. The molecule has 0 unspecified atom stereocenters. The number of fused-ring (bicyclic) bond motifs is 2. The molecule has 102 valence electrons. The predicted octanol–water partition coefficient (Wildman–Crippen LogP) is 4.48. The first kappa shape index (κ1) is 12.9. The summed E-state index contributed by atoms with van der Waals surface area (Å²) in [4.78, 5) is 4.89. The molecule has 1 aromatic rings. The number of hydrogen-bond acceptors (Lipinski definition) is 1. The molecule has 2 bridgehead atoms. The third-order valence-electron chi connectivity index (χ3n) is 5.81. The van der Waals surface area contributed by atoms with E-state index in [-0.39, 0.29) is 0 Å². The molecule has 1 aromatic carbocycles. The summed E-state index contributed by atoms with van der Waals surface area (Å²) in [5.41, 5.74) is 3.11. The maximum Gasteiger partial charge on any atom is 0.0531 e. The van der Waals surface area contributed by atoms with Gasteiger partial charge in [-0.1, -0.05) is 50.6 Å². The number of benzene rings is 1. The van der Waals surface area contributed by atoms with Gasteiger partial charge in [-0.25, -0.2) is 0 Å². The molecule has 3 aliphatic rings. The van der Waals surface area contributed by atoms with E-state index in [0.717, 1.165) is 17.8 Å². The summed E-state index contributed by atoms with van der Waals surface area (Å²) in [6.45, 7) is 9.42. The molecule has 3 fully saturated rings. The van der Waals surface area contributed by atoms with Crippen molar-refractivity contribution in [2.45, 2.75) is 46.6 Å². The summed E-state index contributed by atoms with van der Waals surface area (Å²) in [6.07, 6.45) is 4.80. The Bertz CT molecular complexity index is 483. The van der Waals surface area contributed by atoms with Crippen LogP contribution in [-0.4, -0.2) is 12.3 Å². The molecule has 0 spiro atoms. The molecule has 4 rings (SSSR count). The number of rotatable bonds is 2. The Morgan fingerprint density at radius 2 is 1.84 bits per heavy atom. The van der Waals surface area contributed by atoms with E-state index in [9.17, 15) is 0 Å². The zero-order chi connectivity index (χ0) is 13.6. The summed E-state index contributed by atoms with van der Waals surface area (Å²) < 4.78 is 0. The van der Waals surface area contributed by atoms with E-state index in [1.807, 2.05) is 0 Å². The molecular weight excluding hydrogens is 230 g/mol. The molecule has 0 radical (unpaired) electrons. The maximum atomic E-state index is 4.89. The Labute approximate surface area is 117 Å². The largest absolute Gasteiger partial charge is 0.289 e. The van der Waals surface area contributed by atoms with E-state index in [2.05, 4.69) is 58.2 Å². The van der Waals surface area contributed by atoms with Crippen LogP contribution in [0.25, 0.3) is 0 Å². The topological polar surface area (TPSA) is 12.4 Å². The molecule has 0 saturated heterocycles. The zero-order valence-electron chi connectivity index (χ0n) is 12.6. The highest BCUT2D eigenvalue weighted by molar-refractivity contribution is 5.79. The van der Waals surface area contributed by atoms with Crippen LogP contribution in [0.2, 0.25) is 0 Å². The third-order valence-corrected chi connectivity index (χ3v) is 5.81. The van der Waals surface area contributed by atoms with Crippen LogP contribution in [0.3, 0.4) is 0 Å². The lowest BCUT2D eigenvalue weighted by Crippen LogP contribution is -2.56. The van der Waals surface area contributed by atoms with E-state index in [0.29, 0.717) is 11.5 Å². The molecule has 0 N–H and O–H groups in total. The molecule has 0 heterocycles. The molecule has 4 atom stereocenters. The maximum absolute atomic E-state index is 4.89. The molecule has 3 saturated carbocycles. The van der Waals surface area contributed by atoms with Crippen LogP contribution in [0.1, 0.15) is 44.7 Å². The Morgan fingerprint density at radius 1 is 1.16 bits per heavy atom. The third kappa shape index (κ3) is 2.13. The fraction of sp³-hybridized carbons (Fsp3) is 0.611. The number of aryl methyl sites for hydroxylation is 1. The highest BCUT2D eigenvalue weighted by atomic mass is 14.8. The summed E-state index contributed by atoms with van der Waals surface area (Å²) in [6, 6.07) is 9.19. The van der Waals surface area contributed by atoms with Gasteiger partial charge in [0.2, 0.25) is 0 Å². The van der Waals surface area contributed by atoms with Gasteiger partial charge in [-0.2, -0.15) is 0 Å². The molecule has 19 heavy (non-hydrogen) atoms. The second kappa shape index (κ2) is 4.47. The molecular formula is C18H25N. The first-order valence-corrected chi connectivity index (χ1v) is 7.58. The summed E-state index contributed by atoms with van der Waals surface area (Å²) >= 11 is 0. The van der Waals surface area contributed by atoms with Gasteiger partial charge in [0.25, 0.3) is 0 Å². The number of aliphatic imine (C=N–C) groups is 1. The van der Waals surface area contributed by atoms with Crippen molar-refractivity contribution in [2.24, 2.45) is 28.2 Å². The van der Waals surface area contributed by atoms with Gasteiger partial charge < -0.3 is 0 Å². The van der Waals surface area contributed by atoms with Crippen LogP contribution in [-0.2, 0) is 0 Å². The predicted molar refractivity (Wildman–Crippen MR) is 81.7 cm³/mol. The van der Waals surface area contributed by atoms with Crippen molar-refractivity contribution in [1.82, 2.24) is 0 Å². The molecule has 1 nitrogen and oxygen atoms in total. The first-order valence-electron chi connectivity index (χ1n) is 7.58. The molecule has 0 aromatic heterocycles. The Morgan fingerprint density at radius 3 is 2.42 bits per heavy atom. The zero-order valence-corrected chi connectivity index (χ0v) is 12.6. The van der Waals surface area contributed by atoms with Gasteiger partial charge in [-0.05, 0) is 48.5 Å². The number of hydrogen-bond donors (Lipinski definition) is 0. The van der Waals surface area contributed by atoms with Crippen LogP contribution >= 0.6 is 0 Å². The van der Waals surface area contributed by atoms with E-state index >= 15 is 0 Å². The second-order valence-corrected chi connectivity index (χ2v) is 7.21. The van der Waals surface area contributed by atoms with E-state index in [1.54, 1.807) is 0 Å². The Hall–Kier alpha value is -1.11. The minimum absolute atomic E-state index is 0.540. The van der Waals surface area contributed by atoms with Gasteiger partial charge in [0, 0.05) is 6.21 Å². The Kier molecular flexibility index (Phi) is 3.03. The molecule has 0 aliphatic heterocycles. The summed E-state index contributed by atoms with van der Waals surface area (Å²) in [7, 11) is 0. The van der Waals surface area contributed by atoms with Gasteiger partial charge in [0.15, 0.2) is 0 Å². The fourth-order valence-corrected chi connectivity index (χ4v) is 4.15. The highest BCUT2D eigenvalue weighted by Crippen LogP contribution is 2.61. The smallest absolute Gasteiger partial charge is 0.0531 e. The molecule has 1 heteroatoms. The van der Waals surface area contributed by atoms with Gasteiger partial charge >= 0.3 is 0 Å². The van der Waals surface area contributed by atoms with Gasteiger partial charge in [0.05, 0.1) is 6.04 Å². The van der Waals surface area contributed by atoms with E-state index < -0.39 is 0 Å². The summed E-state index contributed by atoms with van der Waals surface area (Å²) in [5.74, 6) is 2.52. The lowest BCUT2D eigenvalue weighted by molar-refractivity contribution is -0.108. The van der Waals surface area contributed by atoms with Gasteiger partial charge in [-0.3, -0.25) is 4.99 Å². The lowest BCUT2D eigenvalue weighted by Gasteiger charge is -2.61. The summed E-state index contributed by atoms with van der Waals surface area (Å²) in [5, 5.41) is 0. The van der Waals surface area contributed by atoms with Crippen LogP contribution in [0.4, 0.5) is 0 Å². The van der Waals surface area contributed by atoms with E-state index in [4.69, 9.17) is 4.99 Å². The second-order valence-electron chi connectivity index (χ2n) is 7.21. The standard InChI is InChI=1S/C18H25N/c1-12-5-7-14(8-6-12)11-19-17-10-15-9-16(13(17)2)18(15,3)4/h5-8,11,13,15-17H,9-10H2,1-4H3/t13-,15+,16-,17-/m1/s1. The molecule has 3 aliphatic carbocycles. The minimum atomic E-state index is 0.540. The van der Waals surface area contributed by atoms with Crippen molar-refractivity contribution in [3.8, 4) is 0 Å². The average molecular weight is 255 g/mol. The lowest BCUT2D eigenvalue weighted by atomic mass is 9.45. The van der Waals surface area contributed by atoms with Gasteiger partial charge in [0.1, 0.15) is 0 Å². The van der Waals surface area contributed by atoms with Crippen LogP contribution in [0.5, 0.6) is 0 Å². The van der Waals surface area contributed by atoms with Crippen LogP contribution < -0.4 is 0 Å². The van der Waals surface area contributed by atoms with Crippen LogP contribution in [0, 0.1) is 30.1 Å². The van der Waals surface area contributed by atoms with E-state index in [1.165, 1.54) is 24.0 Å². The van der Waals surface area contributed by atoms with Crippen molar-refractivity contribution in [3.05, 3.63) is 35.4 Å².